The van der Waals surface area contributed by atoms with Crippen molar-refractivity contribution in [1.82, 2.24) is 9.55 Å². The minimum Gasteiger partial charge on any atom is -0.394 e. The third-order valence-corrected chi connectivity index (χ3v) is 4.19. The summed E-state index contributed by atoms with van der Waals surface area (Å²) >= 11 is 0. The van der Waals surface area contributed by atoms with Crippen LogP contribution in [0.4, 0.5) is 5.82 Å². The number of hydrogen-bond donors (Lipinski definition) is 5. The minimum absolute atomic E-state index is 0.0354. The first kappa shape index (κ1) is 18.0. The third kappa shape index (κ3) is 3.31. The van der Waals surface area contributed by atoms with Gasteiger partial charge in [-0.25, -0.2) is 9.36 Å². The Morgan fingerprint density at radius 1 is 1.57 bits per heavy atom. The van der Waals surface area contributed by atoms with Crippen LogP contribution in [0.1, 0.15) is 13.3 Å². The van der Waals surface area contributed by atoms with Crippen LogP contribution < -0.4 is 11.4 Å². The zero-order valence-corrected chi connectivity index (χ0v) is 13.0. The number of aliphatic hydroxyl groups is 2. The van der Waals surface area contributed by atoms with Gasteiger partial charge >= 0.3 is 13.5 Å². The summed E-state index contributed by atoms with van der Waals surface area (Å²) in [6.45, 7) is 0.904. The lowest BCUT2D eigenvalue weighted by Crippen LogP contribution is -2.50. The number of aliphatic hydroxyl groups excluding tert-OH is 2. The topological polar surface area (TPSA) is 177 Å². The first-order chi connectivity index (χ1) is 10.6. The molecule has 1 aliphatic heterocycles. The highest BCUT2D eigenvalue weighted by Gasteiger charge is 2.57. The molecule has 130 valence electrons. The second-order valence-electron chi connectivity index (χ2n) is 5.05. The summed E-state index contributed by atoms with van der Waals surface area (Å²) in [5.41, 5.74) is 2.89. The zero-order chi connectivity index (χ0) is 17.4. The van der Waals surface area contributed by atoms with Crippen molar-refractivity contribution in [3.05, 3.63) is 22.7 Å². The minimum atomic E-state index is -4.96. The summed E-state index contributed by atoms with van der Waals surface area (Å²) in [5, 5.41) is 19.8. The molecule has 0 spiro atoms. The molecule has 12 heteroatoms. The predicted octanol–water partition coefficient (Wildman–Crippen LogP) is -1.88. The molecule has 0 radical (unpaired) electrons. The van der Waals surface area contributed by atoms with E-state index in [1.165, 1.54) is 12.3 Å². The monoisotopic (exact) mass is 351 g/mol. The van der Waals surface area contributed by atoms with E-state index in [1.54, 1.807) is 6.92 Å². The van der Waals surface area contributed by atoms with Crippen LogP contribution in [0, 0.1) is 0 Å². The number of phosphoric acid groups is 1. The molecule has 6 N–H and O–H groups in total. The summed E-state index contributed by atoms with van der Waals surface area (Å²) in [4.78, 5) is 33.5. The molecule has 0 unspecified atom stereocenters. The Labute approximate surface area is 130 Å². The Hall–Kier alpha value is -1.33. The quantitative estimate of drug-likeness (QED) is 0.377. The van der Waals surface area contributed by atoms with E-state index in [9.17, 15) is 19.6 Å². The summed E-state index contributed by atoms with van der Waals surface area (Å²) in [6.07, 6.45) is -3.14. The SMILES string of the molecule is CC[C@@]1(n2ccc(N)nc2=O)O[C@H](CO)[C@@H](OP(=O)(O)O)[C@H]1O. The molecule has 1 aromatic rings. The van der Waals surface area contributed by atoms with Crippen molar-refractivity contribution in [3.63, 3.8) is 0 Å². The number of nitrogens with two attached hydrogens (primary N) is 1. The molecule has 2 heterocycles. The Bertz CT molecular complexity index is 675. The van der Waals surface area contributed by atoms with Crippen molar-refractivity contribution in [3.8, 4) is 0 Å². The Morgan fingerprint density at radius 3 is 2.70 bits per heavy atom. The van der Waals surface area contributed by atoms with E-state index < -0.39 is 44.2 Å². The lowest BCUT2D eigenvalue weighted by Gasteiger charge is -2.33. The summed E-state index contributed by atoms with van der Waals surface area (Å²) < 4.78 is 22.1. The third-order valence-electron chi connectivity index (χ3n) is 3.67. The van der Waals surface area contributed by atoms with Gasteiger partial charge in [-0.1, -0.05) is 6.92 Å². The second kappa shape index (κ2) is 6.29. The van der Waals surface area contributed by atoms with Crippen LogP contribution in [0.5, 0.6) is 0 Å². The van der Waals surface area contributed by atoms with Gasteiger partial charge < -0.3 is 30.5 Å². The van der Waals surface area contributed by atoms with Crippen molar-refractivity contribution in [2.75, 3.05) is 12.3 Å². The van der Waals surface area contributed by atoms with E-state index >= 15 is 0 Å². The molecule has 0 saturated carbocycles. The van der Waals surface area contributed by atoms with Crippen LogP contribution >= 0.6 is 7.82 Å². The van der Waals surface area contributed by atoms with Gasteiger partial charge in [-0.3, -0.25) is 9.09 Å². The van der Waals surface area contributed by atoms with Crippen LogP contribution in [-0.4, -0.2) is 54.5 Å². The molecule has 1 aliphatic rings. The summed E-state index contributed by atoms with van der Waals surface area (Å²) in [6, 6.07) is 1.31. The van der Waals surface area contributed by atoms with E-state index in [-0.39, 0.29) is 12.2 Å². The summed E-state index contributed by atoms with van der Waals surface area (Å²) in [5.74, 6) is -0.0354. The van der Waals surface area contributed by atoms with Gasteiger partial charge in [-0.15, -0.1) is 0 Å². The smallest absolute Gasteiger partial charge is 0.394 e. The molecule has 1 fully saturated rings. The fourth-order valence-corrected chi connectivity index (χ4v) is 3.22. The Morgan fingerprint density at radius 2 is 2.22 bits per heavy atom. The maximum absolute atomic E-state index is 12.0. The van der Waals surface area contributed by atoms with Crippen molar-refractivity contribution in [2.24, 2.45) is 0 Å². The number of nitrogen functional groups attached to an aromatic ring is 1. The average Bonchev–Trinajstić information content (AvgIpc) is 2.71. The van der Waals surface area contributed by atoms with E-state index in [0.29, 0.717) is 0 Å². The highest BCUT2D eigenvalue weighted by atomic mass is 31.2. The van der Waals surface area contributed by atoms with Gasteiger partial charge in [0.1, 0.15) is 24.1 Å². The molecule has 2 rings (SSSR count). The lowest BCUT2D eigenvalue weighted by molar-refractivity contribution is -0.152. The van der Waals surface area contributed by atoms with E-state index in [0.717, 1.165) is 4.57 Å². The standard InChI is InChI=1S/C11H18N3O8P/c1-2-11(14-4-3-7(12)13-10(14)17)9(16)8(6(5-15)21-11)22-23(18,19)20/h3-4,6,8-9,15-16H,2,5H2,1H3,(H2,12,13,17)(H2,18,19,20)/t6-,8-,9-,11-/m1/s1. The average molecular weight is 351 g/mol. The fourth-order valence-electron chi connectivity index (χ4n) is 2.65. The fraction of sp³-hybridized carbons (Fsp3) is 0.636. The molecule has 1 saturated heterocycles. The van der Waals surface area contributed by atoms with Crippen LogP contribution in [0.15, 0.2) is 17.1 Å². The molecule has 0 aromatic carbocycles. The number of ether oxygens (including phenoxy) is 1. The van der Waals surface area contributed by atoms with Crippen LogP contribution in [0.25, 0.3) is 0 Å². The van der Waals surface area contributed by atoms with Crippen molar-refractivity contribution < 1.29 is 33.8 Å². The largest absolute Gasteiger partial charge is 0.470 e. The van der Waals surface area contributed by atoms with Gasteiger partial charge in [-0.05, 0) is 12.5 Å². The summed E-state index contributed by atoms with van der Waals surface area (Å²) in [7, 11) is -4.96. The first-order valence-corrected chi connectivity index (χ1v) is 8.24. The van der Waals surface area contributed by atoms with Crippen molar-refractivity contribution in [2.45, 2.75) is 37.4 Å². The Balaban J connectivity index is 2.50. The molecule has 23 heavy (non-hydrogen) atoms. The lowest BCUT2D eigenvalue weighted by atomic mass is 10.00. The highest BCUT2D eigenvalue weighted by Crippen LogP contribution is 2.46. The van der Waals surface area contributed by atoms with E-state index in [4.69, 9.17) is 20.3 Å². The zero-order valence-electron chi connectivity index (χ0n) is 12.1. The molecule has 11 nitrogen and oxygen atoms in total. The van der Waals surface area contributed by atoms with Crippen molar-refractivity contribution in [1.29, 1.82) is 0 Å². The van der Waals surface area contributed by atoms with Gasteiger partial charge in [0.05, 0.1) is 6.61 Å². The molecule has 1 aromatic heterocycles. The van der Waals surface area contributed by atoms with E-state index in [2.05, 4.69) is 9.51 Å². The number of hydrogen-bond acceptors (Lipinski definition) is 8. The van der Waals surface area contributed by atoms with Crippen LogP contribution in [-0.2, 0) is 19.6 Å². The first-order valence-electron chi connectivity index (χ1n) is 6.71. The van der Waals surface area contributed by atoms with Gasteiger partial charge in [0.2, 0.25) is 0 Å². The normalized spacial score (nSPS) is 31.4. The number of nitrogens with zero attached hydrogens (tertiary/aromatic N) is 2. The second-order valence-corrected chi connectivity index (χ2v) is 6.24. The number of rotatable bonds is 5. The van der Waals surface area contributed by atoms with E-state index in [1.807, 2.05) is 0 Å². The van der Waals surface area contributed by atoms with Crippen molar-refractivity contribution >= 4 is 13.6 Å². The predicted molar refractivity (Wildman–Crippen MR) is 76.1 cm³/mol. The van der Waals surface area contributed by atoms with Gasteiger partial charge in [0, 0.05) is 6.20 Å². The van der Waals surface area contributed by atoms with Crippen LogP contribution in [0.2, 0.25) is 0 Å². The van der Waals surface area contributed by atoms with Crippen LogP contribution in [0.3, 0.4) is 0 Å². The maximum atomic E-state index is 12.0. The molecule has 4 atom stereocenters. The van der Waals surface area contributed by atoms with Gasteiger partial charge in [-0.2, -0.15) is 4.98 Å². The number of aromatic nitrogens is 2. The maximum Gasteiger partial charge on any atom is 0.470 e. The van der Waals surface area contributed by atoms with Gasteiger partial charge in [0.25, 0.3) is 0 Å². The molecular weight excluding hydrogens is 333 g/mol. The Kier molecular flexibility index (Phi) is 4.92. The molecular formula is C11H18N3O8P. The molecule has 0 aliphatic carbocycles. The molecule has 0 bridgehead atoms. The van der Waals surface area contributed by atoms with Gasteiger partial charge in [0.15, 0.2) is 5.72 Å². The number of phosphoric ester groups is 1. The molecule has 0 amide bonds. The highest BCUT2D eigenvalue weighted by molar-refractivity contribution is 7.46. The number of anilines is 1.